The summed E-state index contributed by atoms with van der Waals surface area (Å²) < 4.78 is 6.28. The quantitative estimate of drug-likeness (QED) is 0.650. The Labute approximate surface area is 120 Å². The second-order valence-electron chi connectivity index (χ2n) is 4.12. The largest absolute Gasteiger partial charge is 0.464 e. The maximum absolute atomic E-state index is 11.6. The van der Waals surface area contributed by atoms with E-state index in [2.05, 4.69) is 5.10 Å². The molecule has 2 rings (SSSR count). The fraction of sp³-hybridized carbons (Fsp3) is 0.308. The van der Waals surface area contributed by atoms with Crippen LogP contribution in [0.5, 0.6) is 0 Å². The van der Waals surface area contributed by atoms with E-state index in [1.54, 1.807) is 0 Å². The number of nitrogen functional groups attached to an aromatic ring is 1. The maximum Gasteiger partial charge on any atom is 0.327 e. The second kappa shape index (κ2) is 6.33. The van der Waals surface area contributed by atoms with Crippen LogP contribution in [0.1, 0.15) is 23.7 Å². The van der Waals surface area contributed by atoms with Gasteiger partial charge in [-0.1, -0.05) is 13.0 Å². The molecule has 0 bridgehead atoms. The SMILES string of the molecule is CCCOC(=O)Cn1nc(-c2cccs2)c(C=O)c1N. The highest BCUT2D eigenvalue weighted by molar-refractivity contribution is 7.13. The summed E-state index contributed by atoms with van der Waals surface area (Å²) in [5, 5.41) is 6.12. The van der Waals surface area contributed by atoms with Gasteiger partial charge in [0.2, 0.25) is 0 Å². The normalized spacial score (nSPS) is 10.4. The number of hydrogen-bond donors (Lipinski definition) is 1. The van der Waals surface area contributed by atoms with Crippen molar-refractivity contribution in [3.63, 3.8) is 0 Å². The highest BCUT2D eigenvalue weighted by Gasteiger charge is 2.19. The zero-order chi connectivity index (χ0) is 14.5. The lowest BCUT2D eigenvalue weighted by atomic mass is 10.2. The molecule has 20 heavy (non-hydrogen) atoms. The van der Waals surface area contributed by atoms with Crippen LogP contribution in [-0.4, -0.2) is 28.6 Å². The van der Waals surface area contributed by atoms with Crippen molar-refractivity contribution in [1.29, 1.82) is 0 Å². The summed E-state index contributed by atoms with van der Waals surface area (Å²) >= 11 is 1.45. The van der Waals surface area contributed by atoms with Gasteiger partial charge in [0.25, 0.3) is 0 Å². The molecule has 0 aliphatic rings. The number of ether oxygens (including phenoxy) is 1. The summed E-state index contributed by atoms with van der Waals surface area (Å²) in [6, 6.07) is 3.71. The molecule has 0 unspecified atom stereocenters. The average Bonchev–Trinajstić information content (AvgIpc) is 3.05. The molecule has 0 atom stereocenters. The minimum Gasteiger partial charge on any atom is -0.464 e. The van der Waals surface area contributed by atoms with Crippen LogP contribution >= 0.6 is 11.3 Å². The predicted octanol–water partition coefficient (Wildman–Crippen LogP) is 1.96. The number of hydrogen-bond acceptors (Lipinski definition) is 6. The van der Waals surface area contributed by atoms with E-state index in [4.69, 9.17) is 10.5 Å². The van der Waals surface area contributed by atoms with Crippen LogP contribution < -0.4 is 5.73 Å². The molecule has 0 fully saturated rings. The monoisotopic (exact) mass is 293 g/mol. The third-order valence-corrected chi connectivity index (χ3v) is 3.52. The molecule has 0 saturated carbocycles. The molecule has 0 amide bonds. The van der Waals surface area contributed by atoms with Crippen molar-refractivity contribution < 1.29 is 14.3 Å². The number of carbonyl (C=O) groups excluding carboxylic acids is 2. The molecule has 106 valence electrons. The van der Waals surface area contributed by atoms with Gasteiger partial charge in [-0.05, 0) is 17.9 Å². The molecule has 0 aliphatic heterocycles. The maximum atomic E-state index is 11.6. The number of thiophene rings is 1. The third-order valence-electron chi connectivity index (χ3n) is 2.65. The van der Waals surface area contributed by atoms with Gasteiger partial charge in [-0.25, -0.2) is 4.68 Å². The van der Waals surface area contributed by atoms with E-state index in [1.807, 2.05) is 24.4 Å². The Hall–Kier alpha value is -2.15. The molecule has 0 aliphatic carbocycles. The number of aldehydes is 1. The molecule has 6 nitrogen and oxygen atoms in total. The van der Waals surface area contributed by atoms with Gasteiger partial charge in [-0.15, -0.1) is 11.3 Å². The van der Waals surface area contributed by atoms with Crippen molar-refractivity contribution in [1.82, 2.24) is 9.78 Å². The van der Waals surface area contributed by atoms with Gasteiger partial charge in [0.05, 0.1) is 17.0 Å². The average molecular weight is 293 g/mol. The highest BCUT2D eigenvalue weighted by atomic mass is 32.1. The van der Waals surface area contributed by atoms with E-state index < -0.39 is 5.97 Å². The molecule has 0 radical (unpaired) electrons. The Bertz CT molecular complexity index is 605. The Morgan fingerprint density at radius 2 is 2.40 bits per heavy atom. The number of nitrogens with two attached hydrogens (primary N) is 1. The number of anilines is 1. The second-order valence-corrected chi connectivity index (χ2v) is 5.07. The van der Waals surface area contributed by atoms with Gasteiger partial charge in [-0.2, -0.15) is 5.10 Å². The Morgan fingerprint density at radius 3 is 3.00 bits per heavy atom. The minimum atomic E-state index is -0.420. The van der Waals surface area contributed by atoms with Gasteiger partial charge in [0, 0.05) is 0 Å². The van der Waals surface area contributed by atoms with Gasteiger partial charge < -0.3 is 10.5 Å². The van der Waals surface area contributed by atoms with E-state index in [0.717, 1.165) is 11.3 Å². The zero-order valence-corrected chi connectivity index (χ0v) is 11.9. The van der Waals surface area contributed by atoms with Crippen LogP contribution in [0.25, 0.3) is 10.6 Å². The molecular formula is C13H15N3O3S. The molecule has 2 aromatic heterocycles. The number of esters is 1. The van der Waals surface area contributed by atoms with E-state index in [0.29, 0.717) is 24.2 Å². The van der Waals surface area contributed by atoms with E-state index in [1.165, 1.54) is 16.0 Å². The van der Waals surface area contributed by atoms with Crippen LogP contribution in [-0.2, 0) is 16.1 Å². The molecule has 2 heterocycles. The first-order valence-electron chi connectivity index (χ1n) is 6.18. The lowest BCUT2D eigenvalue weighted by Gasteiger charge is -2.04. The van der Waals surface area contributed by atoms with Crippen molar-refractivity contribution in [3.8, 4) is 10.6 Å². The summed E-state index contributed by atoms with van der Waals surface area (Å²) in [6.07, 6.45) is 1.41. The molecule has 0 spiro atoms. The van der Waals surface area contributed by atoms with Crippen molar-refractivity contribution in [2.24, 2.45) is 0 Å². The van der Waals surface area contributed by atoms with Crippen LogP contribution in [0.4, 0.5) is 5.82 Å². The highest BCUT2D eigenvalue weighted by Crippen LogP contribution is 2.29. The molecule has 0 saturated heterocycles. The van der Waals surface area contributed by atoms with Crippen molar-refractivity contribution >= 4 is 29.4 Å². The van der Waals surface area contributed by atoms with Crippen LogP contribution in [0.15, 0.2) is 17.5 Å². The topological polar surface area (TPSA) is 87.2 Å². The summed E-state index contributed by atoms with van der Waals surface area (Å²) in [7, 11) is 0. The van der Waals surface area contributed by atoms with E-state index >= 15 is 0 Å². The number of rotatable bonds is 6. The van der Waals surface area contributed by atoms with Crippen molar-refractivity contribution in [2.75, 3.05) is 12.3 Å². The van der Waals surface area contributed by atoms with Crippen molar-refractivity contribution in [2.45, 2.75) is 19.9 Å². The minimum absolute atomic E-state index is 0.0992. The standard InChI is InChI=1S/C13H15N3O3S/c1-2-5-19-11(18)7-16-13(14)9(8-17)12(15-16)10-4-3-6-20-10/h3-4,6,8H,2,5,7,14H2,1H3. The number of aromatic nitrogens is 2. The molecule has 7 heteroatoms. The Balaban J connectivity index is 2.27. The smallest absolute Gasteiger partial charge is 0.327 e. The van der Waals surface area contributed by atoms with Gasteiger partial charge in [-0.3, -0.25) is 9.59 Å². The summed E-state index contributed by atoms with van der Waals surface area (Å²) in [6.45, 7) is 2.17. The first kappa shape index (κ1) is 14.3. The van der Waals surface area contributed by atoms with Crippen LogP contribution in [0.3, 0.4) is 0 Å². The lowest BCUT2D eigenvalue weighted by molar-refractivity contribution is -0.144. The molecular weight excluding hydrogens is 278 g/mol. The van der Waals surface area contributed by atoms with Gasteiger partial charge in [0.15, 0.2) is 6.29 Å². The number of carbonyl (C=O) groups is 2. The molecule has 0 aromatic carbocycles. The van der Waals surface area contributed by atoms with Crippen molar-refractivity contribution in [3.05, 3.63) is 23.1 Å². The van der Waals surface area contributed by atoms with Crippen LogP contribution in [0, 0.1) is 0 Å². The van der Waals surface area contributed by atoms with E-state index in [-0.39, 0.29) is 12.4 Å². The lowest BCUT2D eigenvalue weighted by Crippen LogP contribution is -2.16. The Morgan fingerprint density at radius 1 is 1.60 bits per heavy atom. The summed E-state index contributed by atoms with van der Waals surface area (Å²) in [4.78, 5) is 23.6. The molecule has 2 aromatic rings. The predicted molar refractivity (Wildman–Crippen MR) is 76.6 cm³/mol. The van der Waals surface area contributed by atoms with Gasteiger partial charge >= 0.3 is 5.97 Å². The fourth-order valence-electron chi connectivity index (χ4n) is 1.70. The molecule has 2 N–H and O–H groups in total. The van der Waals surface area contributed by atoms with Crippen LogP contribution in [0.2, 0.25) is 0 Å². The van der Waals surface area contributed by atoms with E-state index in [9.17, 15) is 9.59 Å². The Kier molecular flexibility index (Phi) is 4.52. The summed E-state index contributed by atoms with van der Waals surface area (Å²) in [5.74, 6) is -0.243. The first-order valence-corrected chi connectivity index (χ1v) is 7.06. The zero-order valence-electron chi connectivity index (χ0n) is 11.0. The third kappa shape index (κ3) is 2.88. The first-order chi connectivity index (χ1) is 9.67. The van der Waals surface area contributed by atoms with Gasteiger partial charge in [0.1, 0.15) is 18.1 Å². The fourth-order valence-corrected chi connectivity index (χ4v) is 2.43. The number of nitrogens with zero attached hydrogens (tertiary/aromatic N) is 2. The summed E-state index contributed by atoms with van der Waals surface area (Å²) in [5.41, 5.74) is 6.66.